The molecule has 0 amide bonds. The maximum Gasteiger partial charge on any atom is 0.244 e. The first-order valence-corrected chi connectivity index (χ1v) is 9.34. The summed E-state index contributed by atoms with van der Waals surface area (Å²) in [6, 6.07) is 3.11. The van der Waals surface area contributed by atoms with Crippen LogP contribution in [0.2, 0.25) is 5.02 Å². The molecule has 0 spiro atoms. The Morgan fingerprint density at radius 3 is 2.86 bits per heavy atom. The van der Waals surface area contributed by atoms with E-state index in [9.17, 15) is 8.42 Å². The van der Waals surface area contributed by atoms with Crippen LogP contribution in [0, 0.1) is 6.92 Å². The fourth-order valence-corrected chi connectivity index (χ4v) is 3.70. The molecular formula is C15H22ClNO4S. The lowest BCUT2D eigenvalue weighted by Gasteiger charge is -2.15. The lowest BCUT2D eigenvalue weighted by Crippen LogP contribution is -2.32. The van der Waals surface area contributed by atoms with E-state index < -0.39 is 10.0 Å². The Labute approximate surface area is 137 Å². The Kier molecular flexibility index (Phi) is 6.09. The molecular weight excluding hydrogens is 326 g/mol. The number of rotatable bonds is 7. The molecule has 1 aromatic rings. The first kappa shape index (κ1) is 17.5. The highest BCUT2D eigenvalue weighted by molar-refractivity contribution is 7.89. The lowest BCUT2D eigenvalue weighted by atomic mass is 10.2. The summed E-state index contributed by atoms with van der Waals surface area (Å²) < 4.78 is 38.7. The number of halogens is 1. The van der Waals surface area contributed by atoms with Crippen molar-refractivity contribution in [2.75, 3.05) is 19.8 Å². The second kappa shape index (κ2) is 7.64. The summed E-state index contributed by atoms with van der Waals surface area (Å²) in [5, 5.41) is 0.404. The van der Waals surface area contributed by atoms with Crippen LogP contribution in [-0.4, -0.2) is 34.3 Å². The normalized spacial score (nSPS) is 18.6. The summed E-state index contributed by atoms with van der Waals surface area (Å²) in [5.41, 5.74) is 0.783. The lowest BCUT2D eigenvalue weighted by molar-refractivity contribution is 0.114. The van der Waals surface area contributed by atoms with Gasteiger partial charge >= 0.3 is 0 Å². The Balaban J connectivity index is 2.21. The van der Waals surface area contributed by atoms with Gasteiger partial charge in [0.05, 0.1) is 12.7 Å². The van der Waals surface area contributed by atoms with Gasteiger partial charge in [0.2, 0.25) is 10.0 Å². The molecule has 124 valence electrons. The van der Waals surface area contributed by atoms with E-state index >= 15 is 0 Å². The van der Waals surface area contributed by atoms with Gasteiger partial charge in [-0.1, -0.05) is 18.5 Å². The van der Waals surface area contributed by atoms with Gasteiger partial charge in [0.1, 0.15) is 10.6 Å². The fourth-order valence-electron chi connectivity index (χ4n) is 2.26. The van der Waals surface area contributed by atoms with Crippen molar-refractivity contribution in [3.8, 4) is 5.75 Å². The Bertz CT molecular complexity index is 612. The number of hydrogen-bond acceptors (Lipinski definition) is 4. The SMILES string of the molecule is CCCOc1cc(C)c(Cl)cc1S(=O)(=O)NC[C@@H]1CCCO1. The largest absolute Gasteiger partial charge is 0.492 e. The highest BCUT2D eigenvalue weighted by Gasteiger charge is 2.24. The number of sulfonamides is 1. The van der Waals surface area contributed by atoms with E-state index in [1.807, 2.05) is 13.8 Å². The van der Waals surface area contributed by atoms with Crippen molar-refractivity contribution >= 4 is 21.6 Å². The molecule has 2 rings (SSSR count). The number of nitrogens with one attached hydrogen (secondary N) is 1. The van der Waals surface area contributed by atoms with Crippen molar-refractivity contribution < 1.29 is 17.9 Å². The molecule has 1 fully saturated rings. The average Bonchev–Trinajstić information content (AvgIpc) is 2.99. The van der Waals surface area contributed by atoms with Gasteiger partial charge in [-0.3, -0.25) is 0 Å². The average molecular weight is 348 g/mol. The summed E-state index contributed by atoms with van der Waals surface area (Å²) >= 11 is 6.08. The van der Waals surface area contributed by atoms with Crippen molar-refractivity contribution in [3.63, 3.8) is 0 Å². The van der Waals surface area contributed by atoms with Crippen LogP contribution in [0.4, 0.5) is 0 Å². The van der Waals surface area contributed by atoms with Crippen LogP contribution in [0.15, 0.2) is 17.0 Å². The third-order valence-corrected chi connectivity index (χ3v) is 5.35. The molecule has 0 radical (unpaired) electrons. The molecule has 7 heteroatoms. The minimum atomic E-state index is -3.69. The van der Waals surface area contributed by atoms with Crippen LogP contribution in [0.1, 0.15) is 31.7 Å². The minimum Gasteiger partial charge on any atom is -0.492 e. The quantitative estimate of drug-likeness (QED) is 0.823. The van der Waals surface area contributed by atoms with E-state index in [4.69, 9.17) is 21.1 Å². The van der Waals surface area contributed by atoms with Gasteiger partial charge in [0.25, 0.3) is 0 Å². The molecule has 0 bridgehead atoms. The Morgan fingerprint density at radius 2 is 2.23 bits per heavy atom. The standard InChI is InChI=1S/C15H22ClNO4S/c1-3-6-21-14-8-11(2)13(16)9-15(14)22(18,19)17-10-12-5-4-7-20-12/h8-9,12,17H,3-7,10H2,1-2H3/t12-/m0/s1. The van der Waals surface area contributed by atoms with Crippen molar-refractivity contribution in [2.45, 2.75) is 44.1 Å². The molecule has 0 saturated carbocycles. The van der Waals surface area contributed by atoms with Crippen LogP contribution >= 0.6 is 11.6 Å². The van der Waals surface area contributed by atoms with E-state index in [0.717, 1.165) is 24.8 Å². The zero-order valence-electron chi connectivity index (χ0n) is 12.9. The molecule has 1 aromatic carbocycles. The van der Waals surface area contributed by atoms with E-state index in [1.54, 1.807) is 6.07 Å². The van der Waals surface area contributed by atoms with Crippen LogP contribution in [0.25, 0.3) is 0 Å². The summed E-state index contributed by atoms with van der Waals surface area (Å²) in [6.07, 6.45) is 2.57. The van der Waals surface area contributed by atoms with Crippen LogP contribution < -0.4 is 9.46 Å². The van der Waals surface area contributed by atoms with Crippen LogP contribution in [-0.2, 0) is 14.8 Å². The second-order valence-corrected chi connectivity index (χ2v) is 7.53. The Hall–Kier alpha value is -0.820. The predicted molar refractivity (Wildman–Crippen MR) is 86.1 cm³/mol. The van der Waals surface area contributed by atoms with E-state index in [1.165, 1.54) is 6.07 Å². The number of hydrogen-bond donors (Lipinski definition) is 1. The first-order chi connectivity index (χ1) is 10.4. The zero-order valence-corrected chi connectivity index (χ0v) is 14.5. The summed E-state index contributed by atoms with van der Waals surface area (Å²) in [7, 11) is -3.69. The van der Waals surface area contributed by atoms with Crippen LogP contribution in [0.3, 0.4) is 0 Å². The van der Waals surface area contributed by atoms with Gasteiger partial charge in [-0.2, -0.15) is 0 Å². The third-order valence-electron chi connectivity index (χ3n) is 3.50. The van der Waals surface area contributed by atoms with Gasteiger partial charge < -0.3 is 9.47 Å². The Morgan fingerprint density at radius 1 is 1.45 bits per heavy atom. The molecule has 0 unspecified atom stereocenters. The molecule has 22 heavy (non-hydrogen) atoms. The van der Waals surface area contributed by atoms with E-state index in [2.05, 4.69) is 4.72 Å². The second-order valence-electron chi connectivity index (χ2n) is 5.38. The van der Waals surface area contributed by atoms with Crippen molar-refractivity contribution in [1.29, 1.82) is 0 Å². The van der Waals surface area contributed by atoms with Gasteiger partial charge in [-0.05, 0) is 43.9 Å². The van der Waals surface area contributed by atoms with Crippen LogP contribution in [0.5, 0.6) is 5.75 Å². The highest BCUT2D eigenvalue weighted by atomic mass is 35.5. The minimum absolute atomic E-state index is 0.0595. The monoisotopic (exact) mass is 347 g/mol. The molecule has 5 nitrogen and oxygen atoms in total. The van der Waals surface area contributed by atoms with Gasteiger partial charge in [0.15, 0.2) is 0 Å². The molecule has 1 N–H and O–H groups in total. The molecule has 0 aliphatic carbocycles. The van der Waals surface area contributed by atoms with Gasteiger partial charge in [-0.15, -0.1) is 0 Å². The highest BCUT2D eigenvalue weighted by Crippen LogP contribution is 2.30. The smallest absolute Gasteiger partial charge is 0.244 e. The molecule has 1 atom stereocenters. The number of benzene rings is 1. The number of aryl methyl sites for hydroxylation is 1. The maximum atomic E-state index is 12.5. The van der Waals surface area contributed by atoms with Crippen molar-refractivity contribution in [1.82, 2.24) is 4.72 Å². The topological polar surface area (TPSA) is 64.6 Å². The summed E-state index contributed by atoms with van der Waals surface area (Å²) in [6.45, 7) is 5.19. The third kappa shape index (κ3) is 4.35. The van der Waals surface area contributed by atoms with Gasteiger partial charge in [0, 0.05) is 18.2 Å². The maximum absolute atomic E-state index is 12.5. The molecule has 1 saturated heterocycles. The molecule has 1 aliphatic rings. The van der Waals surface area contributed by atoms with E-state index in [-0.39, 0.29) is 17.5 Å². The molecule has 1 aliphatic heterocycles. The number of ether oxygens (including phenoxy) is 2. The zero-order chi connectivity index (χ0) is 16.2. The molecule has 1 heterocycles. The predicted octanol–water partition coefficient (Wildman–Crippen LogP) is 2.89. The molecule has 0 aromatic heterocycles. The van der Waals surface area contributed by atoms with Gasteiger partial charge in [-0.25, -0.2) is 13.1 Å². The summed E-state index contributed by atoms with van der Waals surface area (Å²) in [4.78, 5) is 0.0783. The van der Waals surface area contributed by atoms with Crippen molar-refractivity contribution in [2.24, 2.45) is 0 Å². The van der Waals surface area contributed by atoms with Crippen molar-refractivity contribution in [3.05, 3.63) is 22.7 Å². The summed E-state index contributed by atoms with van der Waals surface area (Å²) in [5.74, 6) is 0.337. The first-order valence-electron chi connectivity index (χ1n) is 7.48. The fraction of sp³-hybridized carbons (Fsp3) is 0.600. The van der Waals surface area contributed by atoms with E-state index in [0.29, 0.717) is 24.0 Å².